The fraction of sp³-hybridized carbons (Fsp3) is 0.846. The van der Waals surface area contributed by atoms with Gasteiger partial charge in [0.25, 0.3) is 0 Å². The van der Waals surface area contributed by atoms with E-state index in [2.05, 4.69) is 5.32 Å². The largest absolute Gasteiger partial charge is 0.460 e. The number of piperazine rings is 1. The minimum Gasteiger partial charge on any atom is -0.460 e. The lowest BCUT2D eigenvalue weighted by atomic mass is 9.93. The molecule has 2 rings (SSSR count). The third-order valence-corrected chi connectivity index (χ3v) is 5.71. The lowest BCUT2D eigenvalue weighted by Crippen LogP contribution is -2.61. The van der Waals surface area contributed by atoms with Gasteiger partial charge in [-0.3, -0.25) is 14.4 Å². The normalized spacial score (nSPS) is 25.2. The van der Waals surface area contributed by atoms with Gasteiger partial charge >= 0.3 is 17.9 Å². The van der Waals surface area contributed by atoms with Crippen LogP contribution >= 0.6 is 0 Å². The summed E-state index contributed by atoms with van der Waals surface area (Å²) in [5.74, 6) is -1.60. The van der Waals surface area contributed by atoms with E-state index in [1.54, 1.807) is 46.4 Å². The van der Waals surface area contributed by atoms with E-state index in [4.69, 9.17) is 14.2 Å². The summed E-state index contributed by atoms with van der Waals surface area (Å²) in [6, 6.07) is -1.55. The Kier molecular flexibility index (Phi) is 9.01. The van der Waals surface area contributed by atoms with Crippen LogP contribution in [0.2, 0.25) is 0 Å². The molecule has 0 radical (unpaired) electrons. The number of hydrogen-bond donors (Lipinski definition) is 1. The van der Waals surface area contributed by atoms with Crippen molar-refractivity contribution in [3.8, 4) is 0 Å². The number of fused-ring (bicyclic) bond motifs is 1. The van der Waals surface area contributed by atoms with Crippen LogP contribution in [0.15, 0.2) is 0 Å². The van der Waals surface area contributed by atoms with Gasteiger partial charge in [0, 0.05) is 25.4 Å². The van der Waals surface area contributed by atoms with Gasteiger partial charge in [0.1, 0.15) is 22.8 Å². The standard InChI is InChI=1S/C26H44N2O7/c1-24(2,3)33-19(29)12-10-16-14-17-15-27-18(11-13-20(30)34-25(4,5)6)22(31)28(17)21(16)23(32)35-26(7,8)9/h16-18,21,27H,10-15H2,1-9H3/t16-,17-,18-,21-/m0/s1. The Morgan fingerprint density at radius 3 is 1.80 bits per heavy atom. The highest BCUT2D eigenvalue weighted by Gasteiger charge is 2.52. The fourth-order valence-corrected chi connectivity index (χ4v) is 4.61. The summed E-state index contributed by atoms with van der Waals surface area (Å²) in [4.78, 5) is 52.8. The summed E-state index contributed by atoms with van der Waals surface area (Å²) >= 11 is 0. The molecule has 2 heterocycles. The van der Waals surface area contributed by atoms with Gasteiger partial charge in [-0.05, 0) is 87.5 Å². The summed E-state index contributed by atoms with van der Waals surface area (Å²) in [5, 5.41) is 3.24. The van der Waals surface area contributed by atoms with Crippen LogP contribution in [0.1, 0.15) is 94.4 Å². The van der Waals surface area contributed by atoms with Gasteiger partial charge in [-0.2, -0.15) is 0 Å². The summed E-state index contributed by atoms with van der Waals surface area (Å²) in [6.45, 7) is 16.7. The Hall–Kier alpha value is -2.16. The van der Waals surface area contributed by atoms with Crippen LogP contribution < -0.4 is 5.32 Å². The van der Waals surface area contributed by atoms with E-state index < -0.39 is 34.9 Å². The third-order valence-electron chi connectivity index (χ3n) is 5.71. The maximum absolute atomic E-state index is 13.5. The molecule has 0 aromatic carbocycles. The van der Waals surface area contributed by atoms with Crippen molar-refractivity contribution in [1.29, 1.82) is 0 Å². The van der Waals surface area contributed by atoms with Gasteiger partial charge in [0.15, 0.2) is 0 Å². The molecule has 200 valence electrons. The minimum absolute atomic E-state index is 0.0956. The molecular weight excluding hydrogens is 452 g/mol. The Morgan fingerprint density at radius 1 is 0.829 bits per heavy atom. The molecule has 0 spiro atoms. The molecule has 2 saturated heterocycles. The van der Waals surface area contributed by atoms with E-state index in [1.807, 2.05) is 20.8 Å². The highest BCUT2D eigenvalue weighted by atomic mass is 16.6. The number of nitrogens with one attached hydrogen (secondary N) is 1. The second kappa shape index (κ2) is 10.8. The molecule has 9 nitrogen and oxygen atoms in total. The Labute approximate surface area is 209 Å². The van der Waals surface area contributed by atoms with Crippen LogP contribution in [0.25, 0.3) is 0 Å². The topological polar surface area (TPSA) is 111 Å². The second-order valence-electron chi connectivity index (χ2n) is 12.6. The zero-order valence-electron chi connectivity index (χ0n) is 22.9. The van der Waals surface area contributed by atoms with E-state index in [0.29, 0.717) is 19.4 Å². The summed E-state index contributed by atoms with van der Waals surface area (Å²) < 4.78 is 16.5. The molecule has 0 aromatic rings. The Balaban J connectivity index is 2.14. The fourth-order valence-electron chi connectivity index (χ4n) is 4.61. The van der Waals surface area contributed by atoms with E-state index in [-0.39, 0.29) is 49.1 Å². The zero-order chi connectivity index (χ0) is 26.8. The lowest BCUT2D eigenvalue weighted by molar-refractivity contribution is -0.167. The molecule has 35 heavy (non-hydrogen) atoms. The van der Waals surface area contributed by atoms with Crippen LogP contribution in [0.4, 0.5) is 0 Å². The first-order valence-corrected chi connectivity index (χ1v) is 12.6. The second-order valence-corrected chi connectivity index (χ2v) is 12.6. The molecule has 1 N–H and O–H groups in total. The maximum Gasteiger partial charge on any atom is 0.329 e. The number of carbonyl (C=O) groups is 4. The van der Waals surface area contributed by atoms with Crippen molar-refractivity contribution in [1.82, 2.24) is 10.2 Å². The first-order chi connectivity index (χ1) is 15.9. The molecular formula is C26H44N2O7. The Morgan fingerprint density at radius 2 is 1.31 bits per heavy atom. The van der Waals surface area contributed by atoms with E-state index in [0.717, 1.165) is 0 Å². The van der Waals surface area contributed by atoms with E-state index in [9.17, 15) is 19.2 Å². The van der Waals surface area contributed by atoms with Crippen molar-refractivity contribution in [2.75, 3.05) is 6.54 Å². The molecule has 0 aromatic heterocycles. The minimum atomic E-state index is -0.778. The van der Waals surface area contributed by atoms with Crippen molar-refractivity contribution in [3.63, 3.8) is 0 Å². The van der Waals surface area contributed by atoms with Gasteiger partial charge in [-0.15, -0.1) is 0 Å². The highest BCUT2D eigenvalue weighted by molar-refractivity contribution is 5.90. The molecule has 0 aliphatic carbocycles. The molecule has 0 bridgehead atoms. The number of carbonyl (C=O) groups excluding carboxylic acids is 4. The highest BCUT2D eigenvalue weighted by Crippen LogP contribution is 2.37. The molecule has 2 aliphatic heterocycles. The van der Waals surface area contributed by atoms with Crippen molar-refractivity contribution in [2.24, 2.45) is 5.92 Å². The third kappa shape index (κ3) is 9.09. The van der Waals surface area contributed by atoms with Crippen molar-refractivity contribution >= 4 is 23.8 Å². The van der Waals surface area contributed by atoms with Crippen LogP contribution in [-0.4, -0.2) is 70.2 Å². The predicted molar refractivity (Wildman–Crippen MR) is 130 cm³/mol. The molecule has 4 atom stereocenters. The van der Waals surface area contributed by atoms with Gasteiger partial charge in [-0.1, -0.05) is 0 Å². The van der Waals surface area contributed by atoms with Crippen LogP contribution in [-0.2, 0) is 33.4 Å². The first kappa shape index (κ1) is 29.1. The van der Waals surface area contributed by atoms with Crippen LogP contribution in [0, 0.1) is 5.92 Å². The quantitative estimate of drug-likeness (QED) is 0.423. The smallest absolute Gasteiger partial charge is 0.329 e. The summed E-state index contributed by atoms with van der Waals surface area (Å²) in [6.07, 6.45) is 1.54. The number of amides is 1. The number of nitrogens with zero attached hydrogens (tertiary/aromatic N) is 1. The molecule has 2 fully saturated rings. The van der Waals surface area contributed by atoms with Gasteiger partial charge < -0.3 is 24.4 Å². The van der Waals surface area contributed by atoms with Gasteiger partial charge in [-0.25, -0.2) is 4.79 Å². The number of rotatable bonds is 7. The number of esters is 3. The van der Waals surface area contributed by atoms with Gasteiger partial charge in [0.2, 0.25) is 5.91 Å². The van der Waals surface area contributed by atoms with E-state index in [1.165, 1.54) is 0 Å². The lowest BCUT2D eigenvalue weighted by Gasteiger charge is -2.39. The maximum atomic E-state index is 13.5. The van der Waals surface area contributed by atoms with Crippen molar-refractivity contribution < 1.29 is 33.4 Å². The molecule has 2 aliphatic rings. The van der Waals surface area contributed by atoms with Crippen LogP contribution in [0.3, 0.4) is 0 Å². The predicted octanol–water partition coefficient (Wildman–Crippen LogP) is 3.13. The van der Waals surface area contributed by atoms with Crippen molar-refractivity contribution in [2.45, 2.75) is 129 Å². The first-order valence-electron chi connectivity index (χ1n) is 12.6. The van der Waals surface area contributed by atoms with Gasteiger partial charge in [0.05, 0.1) is 6.04 Å². The van der Waals surface area contributed by atoms with Crippen LogP contribution in [0.5, 0.6) is 0 Å². The number of hydrogen-bond acceptors (Lipinski definition) is 8. The Bertz CT molecular complexity index is 804. The average molecular weight is 497 g/mol. The number of ether oxygens (including phenoxy) is 3. The summed E-state index contributed by atoms with van der Waals surface area (Å²) in [5.41, 5.74) is -1.89. The molecule has 1 amide bonds. The molecule has 9 heteroatoms. The SMILES string of the molecule is CC(C)(C)OC(=O)CC[C@H]1C[C@H]2CN[C@@H](CCC(=O)OC(C)(C)C)C(=O)N2[C@@H]1C(=O)OC(C)(C)C. The molecule has 0 unspecified atom stereocenters. The zero-order valence-corrected chi connectivity index (χ0v) is 22.9. The summed E-state index contributed by atoms with van der Waals surface area (Å²) in [7, 11) is 0. The monoisotopic (exact) mass is 496 g/mol. The molecule has 0 saturated carbocycles. The average Bonchev–Trinajstić information content (AvgIpc) is 3.01. The van der Waals surface area contributed by atoms with Crippen molar-refractivity contribution in [3.05, 3.63) is 0 Å². The van der Waals surface area contributed by atoms with E-state index >= 15 is 0 Å².